The molecule has 2 unspecified atom stereocenters. The minimum Gasteiger partial charge on any atom is -0.493 e. The molecule has 1 N–H and O–H groups in total. The first-order valence-electron chi connectivity index (χ1n) is 10.0. The molecule has 3 rings (SSSR count). The third-order valence-electron chi connectivity index (χ3n) is 5.07. The summed E-state index contributed by atoms with van der Waals surface area (Å²) in [5.74, 6) is -0.0142. The van der Waals surface area contributed by atoms with Gasteiger partial charge in [-0.2, -0.15) is 0 Å². The predicted octanol–water partition coefficient (Wildman–Crippen LogP) is 4.30. The molecule has 0 bridgehead atoms. The summed E-state index contributed by atoms with van der Waals surface area (Å²) in [6.45, 7) is 6.44. The largest absolute Gasteiger partial charge is 0.493 e. The maximum absolute atomic E-state index is 13.0. The van der Waals surface area contributed by atoms with Crippen molar-refractivity contribution in [2.24, 2.45) is 11.3 Å². The quantitative estimate of drug-likeness (QED) is 0.701. The molecule has 0 fully saturated rings. The average molecular weight is 413 g/mol. The number of carbonyl (C=O) groups excluding carboxylic acids is 1. The van der Waals surface area contributed by atoms with Gasteiger partial charge in [-0.1, -0.05) is 32.9 Å². The first-order valence-corrected chi connectivity index (χ1v) is 10.0. The Morgan fingerprint density at radius 2 is 1.77 bits per heavy atom. The van der Waals surface area contributed by atoms with Crippen molar-refractivity contribution in [3.05, 3.63) is 72.2 Å². The van der Waals surface area contributed by atoms with Crippen molar-refractivity contribution in [1.29, 1.82) is 0 Å². The van der Waals surface area contributed by atoms with Gasteiger partial charge in [0.1, 0.15) is 11.6 Å². The van der Waals surface area contributed by atoms with Gasteiger partial charge in [-0.05, 0) is 48.0 Å². The summed E-state index contributed by atoms with van der Waals surface area (Å²) in [6, 6.07) is 13.4. The highest BCUT2D eigenvalue weighted by Gasteiger charge is 2.31. The summed E-state index contributed by atoms with van der Waals surface area (Å²) >= 11 is 0. The molecule has 1 amide bonds. The van der Waals surface area contributed by atoms with Gasteiger partial charge in [-0.15, -0.1) is 0 Å². The standard InChI is InChI=1S/C24H28FNO4/c1-17-22(29-14-18-4-6-19(25)7-5-18)12-13-26(23(17)28)20-8-10-21(11-9-20)30-16-24(2,3)15-27/h4-13,17,22,27H,14-16H2,1-3H3. The number of halogens is 1. The molecule has 0 saturated heterocycles. The summed E-state index contributed by atoms with van der Waals surface area (Å²) in [6.07, 6.45) is 3.24. The van der Waals surface area contributed by atoms with Crippen molar-refractivity contribution >= 4 is 11.6 Å². The minimum absolute atomic E-state index is 0.0421. The normalized spacial score (nSPS) is 19.2. The second-order valence-electron chi connectivity index (χ2n) is 8.35. The maximum Gasteiger partial charge on any atom is 0.236 e. The van der Waals surface area contributed by atoms with Crippen LogP contribution in [-0.2, 0) is 16.1 Å². The molecule has 1 aliphatic rings. The molecule has 2 atom stereocenters. The molecular weight excluding hydrogens is 385 g/mol. The number of hydrogen-bond donors (Lipinski definition) is 1. The van der Waals surface area contributed by atoms with Crippen LogP contribution in [0.2, 0.25) is 0 Å². The number of aliphatic hydroxyl groups excluding tert-OH is 1. The number of amides is 1. The van der Waals surface area contributed by atoms with Crippen molar-refractivity contribution < 1.29 is 23.8 Å². The molecule has 30 heavy (non-hydrogen) atoms. The molecule has 0 radical (unpaired) electrons. The van der Waals surface area contributed by atoms with E-state index < -0.39 is 0 Å². The van der Waals surface area contributed by atoms with Crippen LogP contribution in [0.1, 0.15) is 26.3 Å². The first-order chi connectivity index (χ1) is 14.3. The van der Waals surface area contributed by atoms with Crippen LogP contribution < -0.4 is 9.64 Å². The van der Waals surface area contributed by atoms with Gasteiger partial charge in [0, 0.05) is 17.3 Å². The van der Waals surface area contributed by atoms with Crippen LogP contribution in [-0.4, -0.2) is 30.3 Å². The lowest BCUT2D eigenvalue weighted by atomic mass is 9.96. The van der Waals surface area contributed by atoms with Gasteiger partial charge in [0.05, 0.1) is 31.8 Å². The van der Waals surface area contributed by atoms with E-state index in [9.17, 15) is 14.3 Å². The maximum atomic E-state index is 13.0. The fourth-order valence-electron chi connectivity index (χ4n) is 2.98. The highest BCUT2D eigenvalue weighted by molar-refractivity contribution is 5.98. The van der Waals surface area contributed by atoms with Crippen molar-refractivity contribution in [1.82, 2.24) is 0 Å². The number of anilines is 1. The summed E-state index contributed by atoms with van der Waals surface area (Å²) in [7, 11) is 0. The average Bonchev–Trinajstić information content (AvgIpc) is 2.75. The van der Waals surface area contributed by atoms with Gasteiger partial charge >= 0.3 is 0 Å². The summed E-state index contributed by atoms with van der Waals surface area (Å²) in [5, 5.41) is 9.32. The Morgan fingerprint density at radius 3 is 2.40 bits per heavy atom. The highest BCUT2D eigenvalue weighted by Crippen LogP contribution is 2.27. The molecule has 1 heterocycles. The molecular formula is C24H28FNO4. The number of aliphatic hydroxyl groups is 1. The fourth-order valence-corrected chi connectivity index (χ4v) is 2.98. The van der Waals surface area contributed by atoms with Crippen molar-refractivity contribution in [2.75, 3.05) is 18.1 Å². The van der Waals surface area contributed by atoms with E-state index in [2.05, 4.69) is 0 Å². The van der Waals surface area contributed by atoms with Crippen LogP contribution in [0.3, 0.4) is 0 Å². The van der Waals surface area contributed by atoms with Crippen LogP contribution in [0.15, 0.2) is 60.8 Å². The van der Waals surface area contributed by atoms with Crippen LogP contribution in [0, 0.1) is 17.2 Å². The molecule has 160 valence electrons. The van der Waals surface area contributed by atoms with Gasteiger partial charge in [0.25, 0.3) is 0 Å². The van der Waals surface area contributed by atoms with Crippen LogP contribution in [0.4, 0.5) is 10.1 Å². The van der Waals surface area contributed by atoms with Gasteiger partial charge < -0.3 is 14.6 Å². The summed E-state index contributed by atoms with van der Waals surface area (Å²) in [5.41, 5.74) is 1.28. The zero-order valence-electron chi connectivity index (χ0n) is 17.5. The van der Waals surface area contributed by atoms with E-state index in [1.54, 1.807) is 23.2 Å². The Hall–Kier alpha value is -2.70. The van der Waals surface area contributed by atoms with Crippen molar-refractivity contribution in [3.8, 4) is 5.75 Å². The lowest BCUT2D eigenvalue weighted by Crippen LogP contribution is -2.41. The van der Waals surface area contributed by atoms with E-state index >= 15 is 0 Å². The lowest BCUT2D eigenvalue weighted by molar-refractivity contribution is -0.126. The number of nitrogens with zero attached hydrogens (tertiary/aromatic N) is 1. The molecule has 6 heteroatoms. The molecule has 5 nitrogen and oxygen atoms in total. The van der Waals surface area contributed by atoms with E-state index in [0.717, 1.165) is 11.3 Å². The summed E-state index contributed by atoms with van der Waals surface area (Å²) in [4.78, 5) is 14.5. The van der Waals surface area contributed by atoms with Gasteiger partial charge in [0.2, 0.25) is 5.91 Å². The first kappa shape index (κ1) is 22.0. The second-order valence-corrected chi connectivity index (χ2v) is 8.35. The molecule has 0 spiro atoms. The van der Waals surface area contributed by atoms with Crippen LogP contribution in [0.25, 0.3) is 0 Å². The van der Waals surface area contributed by atoms with Crippen molar-refractivity contribution in [2.45, 2.75) is 33.5 Å². The van der Waals surface area contributed by atoms with E-state index in [1.165, 1.54) is 12.1 Å². The van der Waals surface area contributed by atoms with E-state index in [-0.39, 0.29) is 35.8 Å². The molecule has 1 aliphatic heterocycles. The van der Waals surface area contributed by atoms with E-state index in [0.29, 0.717) is 19.0 Å². The Bertz CT molecular complexity index is 877. The number of carbonyl (C=O) groups is 1. The zero-order valence-corrected chi connectivity index (χ0v) is 17.5. The molecule has 2 aromatic rings. The summed E-state index contributed by atoms with van der Waals surface area (Å²) < 4.78 is 24.6. The Morgan fingerprint density at radius 1 is 1.10 bits per heavy atom. The Kier molecular flexibility index (Phi) is 6.90. The predicted molar refractivity (Wildman–Crippen MR) is 114 cm³/mol. The number of rotatable bonds is 8. The van der Waals surface area contributed by atoms with Crippen LogP contribution >= 0.6 is 0 Å². The Balaban J connectivity index is 1.61. The monoisotopic (exact) mass is 413 g/mol. The minimum atomic E-state index is -0.350. The SMILES string of the molecule is CC1C(=O)N(c2ccc(OCC(C)(C)CO)cc2)C=CC1OCc1ccc(F)cc1. The second kappa shape index (κ2) is 9.41. The number of benzene rings is 2. The smallest absolute Gasteiger partial charge is 0.236 e. The molecule has 0 aromatic heterocycles. The third-order valence-corrected chi connectivity index (χ3v) is 5.07. The van der Waals surface area contributed by atoms with Crippen molar-refractivity contribution in [3.63, 3.8) is 0 Å². The topological polar surface area (TPSA) is 59.0 Å². The number of ether oxygens (including phenoxy) is 2. The highest BCUT2D eigenvalue weighted by atomic mass is 19.1. The third kappa shape index (κ3) is 5.46. The lowest BCUT2D eigenvalue weighted by Gasteiger charge is -2.31. The zero-order chi connectivity index (χ0) is 21.7. The fraction of sp³-hybridized carbons (Fsp3) is 0.375. The molecule has 0 saturated carbocycles. The van der Waals surface area contributed by atoms with Gasteiger partial charge in [-0.25, -0.2) is 4.39 Å². The van der Waals surface area contributed by atoms with Crippen LogP contribution in [0.5, 0.6) is 5.75 Å². The Labute approximate surface area is 176 Å². The van der Waals surface area contributed by atoms with E-state index in [4.69, 9.17) is 9.47 Å². The number of hydrogen-bond acceptors (Lipinski definition) is 4. The van der Waals surface area contributed by atoms with Gasteiger partial charge in [0.15, 0.2) is 0 Å². The van der Waals surface area contributed by atoms with E-state index in [1.807, 2.05) is 51.1 Å². The molecule has 2 aromatic carbocycles. The van der Waals surface area contributed by atoms with Gasteiger partial charge in [-0.3, -0.25) is 9.69 Å². The molecule has 0 aliphatic carbocycles.